The molecule has 4 rings (SSSR count). The molecule has 0 saturated carbocycles. The number of carbonyl (C=O) groups excluding carboxylic acids is 1. The zero-order valence-corrected chi connectivity index (χ0v) is 14.6. The number of nitrogens with one attached hydrogen (secondary N) is 1. The standard InChI is InChI=1S/C18H13NOS3/c20-17-16(23-18(21)19-17)13-10-15(11-6-2-1-3-7-11)22-14-9-5-4-8-12(13)14/h1-9,15H,10H2,(H,19,20,21). The van der Waals surface area contributed by atoms with Crippen LogP contribution in [0.2, 0.25) is 0 Å². The Morgan fingerprint density at radius 2 is 1.78 bits per heavy atom. The van der Waals surface area contributed by atoms with Gasteiger partial charge in [-0.2, -0.15) is 0 Å². The number of hydrogen-bond donors (Lipinski definition) is 1. The Balaban J connectivity index is 1.83. The number of benzene rings is 2. The van der Waals surface area contributed by atoms with Gasteiger partial charge in [-0.15, -0.1) is 11.8 Å². The number of amides is 1. The second-order valence-corrected chi connectivity index (χ2v) is 8.30. The van der Waals surface area contributed by atoms with Gasteiger partial charge >= 0.3 is 0 Å². The van der Waals surface area contributed by atoms with Gasteiger partial charge in [0.1, 0.15) is 4.32 Å². The number of allylic oxidation sites excluding steroid dienone is 1. The van der Waals surface area contributed by atoms with Crippen molar-refractivity contribution >= 4 is 51.5 Å². The average Bonchev–Trinajstić information content (AvgIpc) is 2.93. The van der Waals surface area contributed by atoms with Gasteiger partial charge in [-0.05, 0) is 29.2 Å². The monoisotopic (exact) mass is 355 g/mol. The van der Waals surface area contributed by atoms with Crippen LogP contribution in [0.15, 0.2) is 64.4 Å². The van der Waals surface area contributed by atoms with Crippen molar-refractivity contribution in [2.45, 2.75) is 16.6 Å². The van der Waals surface area contributed by atoms with E-state index in [0.29, 0.717) is 9.57 Å². The zero-order valence-electron chi connectivity index (χ0n) is 12.1. The van der Waals surface area contributed by atoms with E-state index in [4.69, 9.17) is 12.2 Å². The van der Waals surface area contributed by atoms with E-state index in [1.807, 2.05) is 30.0 Å². The van der Waals surface area contributed by atoms with Crippen LogP contribution in [0.3, 0.4) is 0 Å². The van der Waals surface area contributed by atoms with Gasteiger partial charge in [0.2, 0.25) is 0 Å². The lowest BCUT2D eigenvalue weighted by atomic mass is 9.96. The molecule has 2 aromatic carbocycles. The molecule has 0 aliphatic carbocycles. The second kappa shape index (κ2) is 6.15. The molecule has 2 aromatic rings. The molecular weight excluding hydrogens is 342 g/mol. The molecule has 114 valence electrons. The molecule has 0 radical (unpaired) electrons. The predicted octanol–water partition coefficient (Wildman–Crippen LogP) is 4.78. The van der Waals surface area contributed by atoms with Crippen LogP contribution >= 0.6 is 35.7 Å². The van der Waals surface area contributed by atoms with Crippen LogP contribution in [0.25, 0.3) is 5.57 Å². The molecule has 2 aliphatic heterocycles. The van der Waals surface area contributed by atoms with Crippen LogP contribution in [0.4, 0.5) is 0 Å². The fourth-order valence-corrected chi connectivity index (χ4v) is 5.35. The van der Waals surface area contributed by atoms with Gasteiger partial charge in [0, 0.05) is 10.1 Å². The Labute approximate surface area is 148 Å². The van der Waals surface area contributed by atoms with E-state index in [2.05, 4.69) is 41.7 Å². The van der Waals surface area contributed by atoms with Crippen molar-refractivity contribution < 1.29 is 4.79 Å². The third kappa shape index (κ3) is 2.84. The quantitative estimate of drug-likeness (QED) is 0.589. The van der Waals surface area contributed by atoms with Crippen molar-refractivity contribution in [2.24, 2.45) is 0 Å². The fourth-order valence-electron chi connectivity index (χ4n) is 2.89. The van der Waals surface area contributed by atoms with Crippen LogP contribution < -0.4 is 5.32 Å². The summed E-state index contributed by atoms with van der Waals surface area (Å²) in [5.41, 5.74) is 3.55. The summed E-state index contributed by atoms with van der Waals surface area (Å²) in [5, 5.41) is 3.06. The molecule has 1 unspecified atom stereocenters. The van der Waals surface area contributed by atoms with Crippen LogP contribution in [0.1, 0.15) is 22.8 Å². The SMILES string of the molecule is O=C1NC(=S)SC1=C1CC(c2ccccc2)Sc2ccccc21. The maximum absolute atomic E-state index is 12.3. The highest BCUT2D eigenvalue weighted by molar-refractivity contribution is 8.26. The van der Waals surface area contributed by atoms with Gasteiger partial charge in [0.15, 0.2) is 0 Å². The van der Waals surface area contributed by atoms with E-state index >= 15 is 0 Å². The molecule has 23 heavy (non-hydrogen) atoms. The molecule has 2 aliphatic rings. The van der Waals surface area contributed by atoms with E-state index in [1.54, 1.807) is 0 Å². The minimum atomic E-state index is -0.0662. The van der Waals surface area contributed by atoms with Gasteiger partial charge in [-0.25, -0.2) is 0 Å². The largest absolute Gasteiger partial charge is 0.307 e. The van der Waals surface area contributed by atoms with E-state index in [9.17, 15) is 4.79 Å². The summed E-state index contributed by atoms with van der Waals surface area (Å²) in [4.78, 5) is 14.2. The third-order valence-electron chi connectivity index (χ3n) is 3.93. The molecule has 1 amide bonds. The van der Waals surface area contributed by atoms with E-state index in [-0.39, 0.29) is 5.91 Å². The van der Waals surface area contributed by atoms with Gasteiger partial charge < -0.3 is 5.32 Å². The molecular formula is C18H13NOS3. The lowest BCUT2D eigenvalue weighted by molar-refractivity contribution is -0.115. The molecule has 5 heteroatoms. The number of fused-ring (bicyclic) bond motifs is 1. The van der Waals surface area contributed by atoms with Gasteiger partial charge in [-0.1, -0.05) is 72.5 Å². The van der Waals surface area contributed by atoms with Crippen molar-refractivity contribution in [3.8, 4) is 0 Å². The van der Waals surface area contributed by atoms with Crippen molar-refractivity contribution in [3.63, 3.8) is 0 Å². The Kier molecular flexibility index (Phi) is 4.01. The average molecular weight is 356 g/mol. The molecule has 0 spiro atoms. The summed E-state index contributed by atoms with van der Waals surface area (Å²) in [6.07, 6.45) is 0.837. The summed E-state index contributed by atoms with van der Waals surface area (Å²) in [7, 11) is 0. The Bertz CT molecular complexity index is 829. The summed E-state index contributed by atoms with van der Waals surface area (Å²) in [6, 6.07) is 18.8. The van der Waals surface area contributed by atoms with E-state index in [0.717, 1.165) is 22.5 Å². The summed E-state index contributed by atoms with van der Waals surface area (Å²) in [6.45, 7) is 0. The molecule has 0 aromatic heterocycles. The number of thiocarbonyl (C=S) groups is 1. The van der Waals surface area contributed by atoms with Gasteiger partial charge in [-0.3, -0.25) is 4.79 Å². The van der Waals surface area contributed by atoms with Crippen LogP contribution in [-0.4, -0.2) is 10.2 Å². The maximum atomic E-state index is 12.3. The number of hydrogen-bond acceptors (Lipinski definition) is 4. The van der Waals surface area contributed by atoms with Crippen molar-refractivity contribution in [1.29, 1.82) is 0 Å². The van der Waals surface area contributed by atoms with Crippen molar-refractivity contribution in [3.05, 3.63) is 70.6 Å². The lowest BCUT2D eigenvalue weighted by Gasteiger charge is -2.27. The number of thioether (sulfide) groups is 2. The molecule has 2 nitrogen and oxygen atoms in total. The van der Waals surface area contributed by atoms with Crippen LogP contribution in [0.5, 0.6) is 0 Å². The Morgan fingerprint density at radius 1 is 1.04 bits per heavy atom. The maximum Gasteiger partial charge on any atom is 0.263 e. The zero-order chi connectivity index (χ0) is 15.8. The first-order valence-corrected chi connectivity index (χ1v) is 9.40. The summed E-state index contributed by atoms with van der Waals surface area (Å²) in [5.74, 6) is -0.0662. The molecule has 1 N–H and O–H groups in total. The van der Waals surface area contributed by atoms with E-state index < -0.39 is 0 Å². The van der Waals surface area contributed by atoms with Crippen molar-refractivity contribution in [1.82, 2.24) is 5.32 Å². The minimum Gasteiger partial charge on any atom is -0.307 e. The lowest BCUT2D eigenvalue weighted by Crippen LogP contribution is -2.18. The Morgan fingerprint density at radius 3 is 2.52 bits per heavy atom. The molecule has 0 bridgehead atoms. The molecule has 2 heterocycles. The number of rotatable bonds is 1. The van der Waals surface area contributed by atoms with Crippen molar-refractivity contribution in [2.75, 3.05) is 0 Å². The third-order valence-corrected chi connectivity index (χ3v) is 6.54. The molecule has 1 fully saturated rings. The number of carbonyl (C=O) groups is 1. The summed E-state index contributed by atoms with van der Waals surface area (Å²) >= 11 is 8.40. The van der Waals surface area contributed by atoms with Crippen LogP contribution in [0, 0.1) is 0 Å². The Hall–Kier alpha value is -1.56. The topological polar surface area (TPSA) is 29.1 Å². The predicted molar refractivity (Wildman–Crippen MR) is 101 cm³/mol. The molecule has 1 saturated heterocycles. The highest BCUT2D eigenvalue weighted by Gasteiger charge is 2.32. The smallest absolute Gasteiger partial charge is 0.263 e. The van der Waals surface area contributed by atoms with E-state index in [1.165, 1.54) is 22.2 Å². The normalized spacial score (nSPS) is 23.6. The first-order valence-electron chi connectivity index (χ1n) is 7.29. The van der Waals surface area contributed by atoms with Gasteiger partial charge in [0.25, 0.3) is 5.91 Å². The second-order valence-electron chi connectivity index (χ2n) is 5.37. The minimum absolute atomic E-state index is 0.0662. The van der Waals surface area contributed by atoms with Crippen LogP contribution in [-0.2, 0) is 4.79 Å². The first-order chi connectivity index (χ1) is 11.2. The van der Waals surface area contributed by atoms with Gasteiger partial charge in [0.05, 0.1) is 4.91 Å². The molecule has 1 atom stereocenters. The fraction of sp³-hybridized carbons (Fsp3) is 0.111. The first kappa shape index (κ1) is 15.0. The highest BCUT2D eigenvalue weighted by atomic mass is 32.2. The summed E-state index contributed by atoms with van der Waals surface area (Å²) < 4.78 is 0.546. The highest BCUT2D eigenvalue weighted by Crippen LogP contribution is 2.51.